The normalized spacial score (nSPS) is 25.7. The Kier molecular flexibility index (Phi) is 4.80. The summed E-state index contributed by atoms with van der Waals surface area (Å²) in [6, 6.07) is 9.69. The number of aliphatic hydroxyl groups excluding tert-OH is 2. The number of rotatable bonds is 5. The highest BCUT2D eigenvalue weighted by Gasteiger charge is 2.28. The lowest BCUT2D eigenvalue weighted by Crippen LogP contribution is -2.28. The number of aliphatic hydroxyl groups is 2. The smallest absolute Gasteiger partial charge is 0.129 e. The monoisotopic (exact) mass is 301 g/mol. The van der Waals surface area contributed by atoms with Gasteiger partial charge in [-0.05, 0) is 37.6 Å². The maximum Gasteiger partial charge on any atom is 0.129 e. The standard InChI is InChI=1S/C18H23NO3/c20-15-12-16(14-6-2-1-3-7-14)18(21)17(13-15)22-11-10-19-8-4-5-9-19/h1-3,6-7,12-13,16,18,20-21H,4-5,8-11H2. The lowest BCUT2D eigenvalue weighted by atomic mass is 9.88. The average molecular weight is 301 g/mol. The van der Waals surface area contributed by atoms with Crippen molar-refractivity contribution in [3.8, 4) is 0 Å². The molecule has 1 aliphatic heterocycles. The minimum Gasteiger partial charge on any atom is -0.508 e. The van der Waals surface area contributed by atoms with E-state index in [9.17, 15) is 10.2 Å². The van der Waals surface area contributed by atoms with E-state index in [0.717, 1.165) is 25.2 Å². The van der Waals surface area contributed by atoms with Gasteiger partial charge in [0.25, 0.3) is 0 Å². The molecule has 0 aromatic heterocycles. The van der Waals surface area contributed by atoms with Crippen LogP contribution in [0.25, 0.3) is 0 Å². The third kappa shape index (κ3) is 3.51. The van der Waals surface area contributed by atoms with Crippen LogP contribution >= 0.6 is 0 Å². The van der Waals surface area contributed by atoms with Gasteiger partial charge < -0.3 is 14.9 Å². The molecule has 2 aliphatic rings. The predicted octanol–water partition coefficient (Wildman–Crippen LogP) is 2.58. The number of benzene rings is 1. The number of ether oxygens (including phenoxy) is 1. The second kappa shape index (κ2) is 6.99. The summed E-state index contributed by atoms with van der Waals surface area (Å²) in [4.78, 5) is 2.36. The highest BCUT2D eigenvalue weighted by molar-refractivity contribution is 5.35. The Labute approximate surface area is 131 Å². The van der Waals surface area contributed by atoms with Gasteiger partial charge >= 0.3 is 0 Å². The molecule has 0 radical (unpaired) electrons. The largest absolute Gasteiger partial charge is 0.508 e. The van der Waals surface area contributed by atoms with Crippen LogP contribution in [0.2, 0.25) is 0 Å². The Morgan fingerprint density at radius 3 is 2.59 bits per heavy atom. The zero-order valence-electron chi connectivity index (χ0n) is 12.7. The van der Waals surface area contributed by atoms with Crippen molar-refractivity contribution in [3.05, 3.63) is 59.6 Å². The molecule has 2 atom stereocenters. The molecule has 118 valence electrons. The molecule has 2 N–H and O–H groups in total. The lowest BCUT2D eigenvalue weighted by molar-refractivity contribution is 0.0790. The van der Waals surface area contributed by atoms with Crippen molar-refractivity contribution in [2.45, 2.75) is 24.9 Å². The van der Waals surface area contributed by atoms with Gasteiger partial charge in [0.15, 0.2) is 0 Å². The van der Waals surface area contributed by atoms with Crippen molar-refractivity contribution < 1.29 is 14.9 Å². The third-order valence-corrected chi connectivity index (χ3v) is 4.33. The van der Waals surface area contributed by atoms with Gasteiger partial charge in [-0.2, -0.15) is 0 Å². The number of hydrogen-bond acceptors (Lipinski definition) is 4. The molecule has 1 heterocycles. The molecular formula is C18H23NO3. The molecule has 0 amide bonds. The fraction of sp³-hybridized carbons (Fsp3) is 0.444. The van der Waals surface area contributed by atoms with Gasteiger partial charge in [-0.25, -0.2) is 0 Å². The van der Waals surface area contributed by atoms with E-state index in [4.69, 9.17) is 4.74 Å². The van der Waals surface area contributed by atoms with E-state index >= 15 is 0 Å². The molecule has 0 spiro atoms. The molecule has 2 unspecified atom stereocenters. The highest BCUT2D eigenvalue weighted by atomic mass is 16.5. The van der Waals surface area contributed by atoms with E-state index in [1.54, 1.807) is 6.08 Å². The van der Waals surface area contributed by atoms with E-state index < -0.39 is 6.10 Å². The second-order valence-electron chi connectivity index (χ2n) is 5.92. The van der Waals surface area contributed by atoms with Crippen LogP contribution in [0, 0.1) is 0 Å². The maximum atomic E-state index is 10.5. The van der Waals surface area contributed by atoms with Gasteiger partial charge in [0.2, 0.25) is 0 Å². The Bertz CT molecular complexity index is 547. The van der Waals surface area contributed by atoms with Crippen LogP contribution in [0.1, 0.15) is 24.3 Å². The maximum absolute atomic E-state index is 10.5. The van der Waals surface area contributed by atoms with Crippen molar-refractivity contribution in [1.29, 1.82) is 0 Å². The topological polar surface area (TPSA) is 52.9 Å². The summed E-state index contributed by atoms with van der Waals surface area (Å²) in [5.41, 5.74) is 0.968. The third-order valence-electron chi connectivity index (χ3n) is 4.33. The van der Waals surface area contributed by atoms with Crippen molar-refractivity contribution in [3.63, 3.8) is 0 Å². The van der Waals surface area contributed by atoms with Crippen LogP contribution in [0.4, 0.5) is 0 Å². The SMILES string of the molecule is OC1=CC(c2ccccc2)C(O)C(OCCN2CCCC2)=C1. The van der Waals surface area contributed by atoms with Crippen molar-refractivity contribution >= 4 is 0 Å². The van der Waals surface area contributed by atoms with Crippen LogP contribution in [0.15, 0.2) is 54.0 Å². The zero-order valence-corrected chi connectivity index (χ0v) is 12.7. The molecule has 0 bridgehead atoms. The summed E-state index contributed by atoms with van der Waals surface area (Å²) in [5, 5.41) is 20.5. The average Bonchev–Trinajstić information content (AvgIpc) is 3.04. The molecule has 4 heteroatoms. The summed E-state index contributed by atoms with van der Waals surface area (Å²) < 4.78 is 5.75. The van der Waals surface area contributed by atoms with Gasteiger partial charge in [0.05, 0.1) is 0 Å². The minimum absolute atomic E-state index is 0.148. The van der Waals surface area contributed by atoms with E-state index in [0.29, 0.717) is 12.4 Å². The Morgan fingerprint density at radius 1 is 1.14 bits per heavy atom. The first kappa shape index (κ1) is 15.1. The van der Waals surface area contributed by atoms with E-state index in [1.807, 2.05) is 30.3 Å². The van der Waals surface area contributed by atoms with Crippen LogP contribution in [0.3, 0.4) is 0 Å². The molecule has 3 rings (SSSR count). The summed E-state index contributed by atoms with van der Waals surface area (Å²) in [5.74, 6) is 0.330. The molecule has 1 aliphatic carbocycles. The molecule has 1 saturated heterocycles. The van der Waals surface area contributed by atoms with Gasteiger partial charge in [-0.1, -0.05) is 30.3 Å². The first-order valence-corrected chi connectivity index (χ1v) is 7.94. The Hall–Kier alpha value is -1.78. The molecule has 1 aromatic rings. The van der Waals surface area contributed by atoms with E-state index in [1.165, 1.54) is 18.9 Å². The zero-order chi connectivity index (χ0) is 15.4. The van der Waals surface area contributed by atoms with Gasteiger partial charge in [0, 0.05) is 18.5 Å². The minimum atomic E-state index is -0.753. The van der Waals surface area contributed by atoms with E-state index in [2.05, 4.69) is 4.90 Å². The van der Waals surface area contributed by atoms with Crippen LogP contribution in [-0.4, -0.2) is 47.5 Å². The van der Waals surface area contributed by atoms with Crippen LogP contribution in [-0.2, 0) is 4.74 Å². The summed E-state index contributed by atoms with van der Waals surface area (Å²) in [6.45, 7) is 3.66. The molecular weight excluding hydrogens is 278 g/mol. The number of nitrogens with zero attached hydrogens (tertiary/aromatic N) is 1. The Morgan fingerprint density at radius 2 is 1.86 bits per heavy atom. The van der Waals surface area contributed by atoms with Gasteiger partial charge in [-0.15, -0.1) is 0 Å². The molecule has 1 fully saturated rings. The highest BCUT2D eigenvalue weighted by Crippen LogP contribution is 2.31. The number of allylic oxidation sites excluding steroid dienone is 1. The first-order valence-electron chi connectivity index (χ1n) is 7.94. The molecule has 1 aromatic carbocycles. The van der Waals surface area contributed by atoms with Gasteiger partial charge in [0.1, 0.15) is 24.2 Å². The Balaban J connectivity index is 1.62. The summed E-state index contributed by atoms with van der Waals surface area (Å²) in [6.07, 6.45) is 4.95. The predicted molar refractivity (Wildman–Crippen MR) is 85.6 cm³/mol. The molecule has 22 heavy (non-hydrogen) atoms. The fourth-order valence-electron chi connectivity index (χ4n) is 3.11. The van der Waals surface area contributed by atoms with Crippen molar-refractivity contribution in [2.24, 2.45) is 0 Å². The first-order chi connectivity index (χ1) is 10.7. The molecule has 0 saturated carbocycles. The van der Waals surface area contributed by atoms with Crippen LogP contribution in [0.5, 0.6) is 0 Å². The molecule has 4 nitrogen and oxygen atoms in total. The van der Waals surface area contributed by atoms with Crippen LogP contribution < -0.4 is 0 Å². The van der Waals surface area contributed by atoms with E-state index in [-0.39, 0.29) is 11.7 Å². The summed E-state index contributed by atoms with van der Waals surface area (Å²) in [7, 11) is 0. The fourth-order valence-corrected chi connectivity index (χ4v) is 3.11. The quantitative estimate of drug-likeness (QED) is 0.878. The number of likely N-dealkylation sites (tertiary alicyclic amines) is 1. The second-order valence-corrected chi connectivity index (χ2v) is 5.92. The van der Waals surface area contributed by atoms with Crippen molar-refractivity contribution in [2.75, 3.05) is 26.2 Å². The van der Waals surface area contributed by atoms with Gasteiger partial charge in [-0.3, -0.25) is 4.90 Å². The van der Waals surface area contributed by atoms with Crippen molar-refractivity contribution in [1.82, 2.24) is 4.90 Å². The summed E-state index contributed by atoms with van der Waals surface area (Å²) >= 11 is 0. The number of hydrogen-bond donors (Lipinski definition) is 2. The lowest BCUT2D eigenvalue weighted by Gasteiger charge is -2.27.